The summed E-state index contributed by atoms with van der Waals surface area (Å²) in [5.74, 6) is 0.976. The normalized spacial score (nSPS) is 25.3. The lowest BCUT2D eigenvalue weighted by Gasteiger charge is -2.27. The van der Waals surface area contributed by atoms with Crippen LogP contribution in [-0.4, -0.2) is 21.8 Å². The summed E-state index contributed by atoms with van der Waals surface area (Å²) in [6, 6.07) is 2.94. The van der Waals surface area contributed by atoms with E-state index >= 15 is 0 Å². The van der Waals surface area contributed by atoms with Gasteiger partial charge < -0.3 is 5.32 Å². The Balaban J connectivity index is 2.10. The number of halogens is 3. The molecule has 1 aromatic carbocycles. The number of benzene rings is 1. The minimum atomic E-state index is -0.685. The quantitative estimate of drug-likeness (QED) is 0.859. The van der Waals surface area contributed by atoms with E-state index in [-0.39, 0.29) is 17.1 Å². The van der Waals surface area contributed by atoms with E-state index in [1.54, 1.807) is 0 Å². The second-order valence-corrected chi connectivity index (χ2v) is 7.25. The van der Waals surface area contributed by atoms with Crippen LogP contribution in [-0.2, 0) is 10.8 Å². The van der Waals surface area contributed by atoms with Crippen molar-refractivity contribution in [1.29, 1.82) is 0 Å². The molecule has 1 N–H and O–H groups in total. The third-order valence-electron chi connectivity index (χ3n) is 3.39. The molecule has 0 saturated carbocycles. The molecule has 0 aromatic heterocycles. The fourth-order valence-corrected chi connectivity index (χ4v) is 4.33. The molecule has 1 aromatic rings. The molecular formula is C13H16Cl2FNOS. The van der Waals surface area contributed by atoms with Gasteiger partial charge in [-0.25, -0.2) is 4.39 Å². The van der Waals surface area contributed by atoms with Crippen molar-refractivity contribution in [3.63, 3.8) is 0 Å². The standard InChI is InChI=1S/C13H16Cl2FNOS/c1-8(17-9-4-6-19(18)7-5-9)12-10(14)2-3-11(16)13(12)15/h2-3,8-9,17H,4-7H2,1H3. The predicted molar refractivity (Wildman–Crippen MR) is 78.9 cm³/mol. The zero-order chi connectivity index (χ0) is 14.0. The van der Waals surface area contributed by atoms with E-state index < -0.39 is 16.6 Å². The number of nitrogens with one attached hydrogen (secondary N) is 1. The summed E-state index contributed by atoms with van der Waals surface area (Å²) in [5, 5.41) is 3.93. The number of hydrogen-bond donors (Lipinski definition) is 1. The molecule has 0 radical (unpaired) electrons. The lowest BCUT2D eigenvalue weighted by atomic mass is 10.0. The average molecular weight is 324 g/mol. The van der Waals surface area contributed by atoms with Gasteiger partial charge in [0, 0.05) is 45.0 Å². The Labute approximate surface area is 125 Å². The van der Waals surface area contributed by atoms with Gasteiger partial charge in [0.05, 0.1) is 5.02 Å². The summed E-state index contributed by atoms with van der Waals surface area (Å²) in [4.78, 5) is 0. The maximum Gasteiger partial charge on any atom is 0.142 e. The van der Waals surface area contributed by atoms with Crippen LogP contribution in [0.1, 0.15) is 31.4 Å². The molecule has 0 aliphatic carbocycles. The maximum atomic E-state index is 13.5. The largest absolute Gasteiger partial charge is 0.307 e. The Hall–Kier alpha value is -0.160. The molecule has 0 amide bonds. The minimum absolute atomic E-state index is 0.0758. The molecule has 0 spiro atoms. The molecule has 0 bridgehead atoms. The zero-order valence-corrected chi connectivity index (χ0v) is 12.9. The molecule has 1 fully saturated rings. The van der Waals surface area contributed by atoms with Crippen molar-refractivity contribution in [3.05, 3.63) is 33.6 Å². The summed E-state index contributed by atoms with van der Waals surface area (Å²) in [5.41, 5.74) is 0.593. The first-order valence-corrected chi connectivity index (χ1v) is 8.48. The van der Waals surface area contributed by atoms with E-state index in [2.05, 4.69) is 5.32 Å². The highest BCUT2D eigenvalue weighted by molar-refractivity contribution is 7.85. The minimum Gasteiger partial charge on any atom is -0.307 e. The van der Waals surface area contributed by atoms with Gasteiger partial charge in [-0.05, 0) is 31.9 Å². The van der Waals surface area contributed by atoms with Gasteiger partial charge in [0.15, 0.2) is 0 Å². The highest BCUT2D eigenvalue weighted by Gasteiger charge is 2.23. The molecule has 1 aliphatic rings. The zero-order valence-electron chi connectivity index (χ0n) is 10.6. The van der Waals surface area contributed by atoms with Crippen molar-refractivity contribution in [2.45, 2.75) is 31.8 Å². The van der Waals surface area contributed by atoms with Gasteiger partial charge in [-0.3, -0.25) is 4.21 Å². The molecule has 2 nitrogen and oxygen atoms in total. The van der Waals surface area contributed by atoms with Gasteiger partial charge >= 0.3 is 0 Å². The van der Waals surface area contributed by atoms with Gasteiger partial charge in [0.1, 0.15) is 5.82 Å². The molecule has 2 rings (SSSR count). The van der Waals surface area contributed by atoms with Crippen molar-refractivity contribution < 1.29 is 8.60 Å². The highest BCUT2D eigenvalue weighted by Crippen LogP contribution is 2.32. The highest BCUT2D eigenvalue weighted by atomic mass is 35.5. The van der Waals surface area contributed by atoms with E-state index in [1.807, 2.05) is 6.92 Å². The summed E-state index contributed by atoms with van der Waals surface area (Å²) in [7, 11) is -0.685. The van der Waals surface area contributed by atoms with Crippen LogP contribution in [0.3, 0.4) is 0 Å². The summed E-state index contributed by atoms with van der Waals surface area (Å²) in [6.45, 7) is 1.91. The molecular weight excluding hydrogens is 308 g/mol. The fraction of sp³-hybridized carbons (Fsp3) is 0.538. The molecule has 106 valence electrons. The summed E-state index contributed by atoms with van der Waals surface area (Å²) < 4.78 is 24.8. The summed E-state index contributed by atoms with van der Waals surface area (Å²) >= 11 is 12.1. The van der Waals surface area contributed by atoms with Gasteiger partial charge in [0.25, 0.3) is 0 Å². The lowest BCUT2D eigenvalue weighted by molar-refractivity contribution is 0.426. The number of rotatable bonds is 3. The first-order chi connectivity index (χ1) is 8.99. The third kappa shape index (κ3) is 3.69. The van der Waals surface area contributed by atoms with Gasteiger partial charge in [-0.1, -0.05) is 23.2 Å². The van der Waals surface area contributed by atoms with E-state index in [0.717, 1.165) is 24.3 Å². The van der Waals surface area contributed by atoms with Gasteiger partial charge in [0.2, 0.25) is 0 Å². The number of hydrogen-bond acceptors (Lipinski definition) is 2. The van der Waals surface area contributed by atoms with Crippen LogP contribution >= 0.6 is 23.2 Å². The molecule has 1 heterocycles. The van der Waals surface area contributed by atoms with E-state index in [9.17, 15) is 8.60 Å². The van der Waals surface area contributed by atoms with Crippen LogP contribution in [0.2, 0.25) is 10.0 Å². The van der Waals surface area contributed by atoms with Crippen molar-refractivity contribution in [2.24, 2.45) is 0 Å². The fourth-order valence-electron chi connectivity index (χ4n) is 2.34. The molecule has 1 atom stereocenters. The summed E-state index contributed by atoms with van der Waals surface area (Å²) in [6.07, 6.45) is 1.73. The van der Waals surface area contributed by atoms with Crippen molar-refractivity contribution in [3.8, 4) is 0 Å². The van der Waals surface area contributed by atoms with E-state index in [1.165, 1.54) is 12.1 Å². The van der Waals surface area contributed by atoms with Crippen molar-refractivity contribution in [1.82, 2.24) is 5.32 Å². The van der Waals surface area contributed by atoms with Crippen molar-refractivity contribution >= 4 is 34.0 Å². The predicted octanol–water partition coefficient (Wildman–Crippen LogP) is 3.69. The topological polar surface area (TPSA) is 29.1 Å². The molecule has 1 unspecified atom stereocenters. The van der Waals surface area contributed by atoms with Crippen LogP contribution in [0.5, 0.6) is 0 Å². The van der Waals surface area contributed by atoms with Crippen molar-refractivity contribution in [2.75, 3.05) is 11.5 Å². The Bertz CT molecular complexity index is 488. The van der Waals surface area contributed by atoms with Gasteiger partial charge in [-0.2, -0.15) is 0 Å². The SMILES string of the molecule is CC(NC1CCS(=O)CC1)c1c(Cl)ccc(F)c1Cl. The van der Waals surface area contributed by atoms with Crippen LogP contribution < -0.4 is 5.32 Å². The molecule has 1 saturated heterocycles. The second kappa shape index (κ2) is 6.53. The van der Waals surface area contributed by atoms with E-state index in [4.69, 9.17) is 23.2 Å². The average Bonchev–Trinajstić information content (AvgIpc) is 2.37. The van der Waals surface area contributed by atoms with Crippen LogP contribution in [0.4, 0.5) is 4.39 Å². The first kappa shape index (κ1) is 15.2. The van der Waals surface area contributed by atoms with Crippen LogP contribution in [0.15, 0.2) is 12.1 Å². The monoisotopic (exact) mass is 323 g/mol. The Kier molecular flexibility index (Phi) is 5.23. The Morgan fingerprint density at radius 1 is 1.37 bits per heavy atom. The smallest absolute Gasteiger partial charge is 0.142 e. The Morgan fingerprint density at radius 2 is 2.00 bits per heavy atom. The van der Waals surface area contributed by atoms with Crippen LogP contribution in [0, 0.1) is 5.82 Å². The third-order valence-corrected chi connectivity index (χ3v) is 5.48. The Morgan fingerprint density at radius 3 is 2.63 bits per heavy atom. The molecule has 1 aliphatic heterocycles. The van der Waals surface area contributed by atoms with Crippen LogP contribution in [0.25, 0.3) is 0 Å². The van der Waals surface area contributed by atoms with E-state index in [0.29, 0.717) is 10.6 Å². The maximum absolute atomic E-state index is 13.5. The molecule has 6 heteroatoms. The lowest BCUT2D eigenvalue weighted by Crippen LogP contribution is -2.37. The van der Waals surface area contributed by atoms with Gasteiger partial charge in [-0.15, -0.1) is 0 Å². The first-order valence-electron chi connectivity index (χ1n) is 6.23. The second-order valence-electron chi connectivity index (χ2n) is 4.77. The molecule has 19 heavy (non-hydrogen) atoms.